The average Bonchev–Trinajstić information content (AvgIpc) is 3.49. The Hall–Kier alpha value is -5.14. The van der Waals surface area contributed by atoms with Crippen LogP contribution >= 0.6 is 0 Å². The van der Waals surface area contributed by atoms with Crippen LogP contribution in [-0.2, 0) is 0 Å². The Kier molecular flexibility index (Phi) is 3.42. The van der Waals surface area contributed by atoms with Crippen molar-refractivity contribution in [3.05, 3.63) is 145 Å². The van der Waals surface area contributed by atoms with Crippen LogP contribution in [0.5, 0.6) is 0 Å². The molecule has 0 fully saturated rings. The molecular weight excluding hydrogens is 472 g/mol. The van der Waals surface area contributed by atoms with Crippen molar-refractivity contribution < 1.29 is 15.4 Å². The van der Waals surface area contributed by atoms with E-state index >= 15 is 0 Å². The molecular formula is C38H24O. The summed E-state index contributed by atoms with van der Waals surface area (Å²) in [7, 11) is 0. The lowest BCUT2D eigenvalue weighted by Gasteiger charge is -2.18. The molecule has 0 spiro atoms. The van der Waals surface area contributed by atoms with Crippen molar-refractivity contribution in [2.45, 2.75) is 0 Å². The van der Waals surface area contributed by atoms with Crippen LogP contribution in [0.3, 0.4) is 0 Å². The van der Waals surface area contributed by atoms with Gasteiger partial charge in [0.25, 0.3) is 0 Å². The van der Waals surface area contributed by atoms with Gasteiger partial charge in [-0.2, -0.15) is 0 Å². The summed E-state index contributed by atoms with van der Waals surface area (Å²) in [5, 5.41) is 2.70. The van der Waals surface area contributed by atoms with Gasteiger partial charge in [0.1, 0.15) is 11.2 Å². The fourth-order valence-corrected chi connectivity index (χ4v) is 5.62. The van der Waals surface area contributed by atoms with Crippen LogP contribution in [0.2, 0.25) is 0 Å². The van der Waals surface area contributed by atoms with Gasteiger partial charge in [0, 0.05) is 16.3 Å². The van der Waals surface area contributed by atoms with E-state index in [0.29, 0.717) is 27.8 Å². The lowest BCUT2D eigenvalue weighted by atomic mass is 9.85. The Morgan fingerprint density at radius 3 is 1.69 bits per heavy atom. The topological polar surface area (TPSA) is 13.1 Å². The van der Waals surface area contributed by atoms with Gasteiger partial charge in [0.2, 0.25) is 0 Å². The molecule has 0 atom stereocenters. The quantitative estimate of drug-likeness (QED) is 0.218. The SMILES string of the molecule is [2H]c1c([2H])c([2H])c2c(-c3cccc(-c4cccc5c4oc4ccccc45)c3)c3c([2H])c([2H])c([2H])c([2H])c3c(-c3ccccc3)c2c1[2H]. The molecule has 0 amide bonds. The summed E-state index contributed by atoms with van der Waals surface area (Å²) < 4.78 is 77.3. The van der Waals surface area contributed by atoms with Gasteiger partial charge >= 0.3 is 0 Å². The van der Waals surface area contributed by atoms with Crippen molar-refractivity contribution in [2.75, 3.05) is 0 Å². The molecule has 0 radical (unpaired) electrons. The van der Waals surface area contributed by atoms with Gasteiger partial charge in [0.05, 0.1) is 11.0 Å². The Morgan fingerprint density at radius 1 is 0.436 bits per heavy atom. The fourth-order valence-electron chi connectivity index (χ4n) is 5.62. The highest BCUT2D eigenvalue weighted by Gasteiger charge is 2.17. The van der Waals surface area contributed by atoms with Crippen molar-refractivity contribution in [2.24, 2.45) is 0 Å². The Morgan fingerprint density at radius 2 is 0.974 bits per heavy atom. The first-order valence-electron chi connectivity index (χ1n) is 16.7. The molecule has 1 heterocycles. The van der Waals surface area contributed by atoms with Gasteiger partial charge in [0.15, 0.2) is 0 Å². The molecule has 39 heavy (non-hydrogen) atoms. The van der Waals surface area contributed by atoms with Crippen LogP contribution in [0.1, 0.15) is 11.0 Å². The molecule has 7 aromatic carbocycles. The highest BCUT2D eigenvalue weighted by Crippen LogP contribution is 2.44. The minimum Gasteiger partial charge on any atom is -0.455 e. The van der Waals surface area contributed by atoms with E-state index in [1.807, 2.05) is 66.7 Å². The van der Waals surface area contributed by atoms with Gasteiger partial charge in [-0.1, -0.05) is 133 Å². The molecule has 1 heteroatoms. The zero-order chi connectivity index (χ0) is 32.7. The number of hydrogen-bond donors (Lipinski definition) is 0. The van der Waals surface area contributed by atoms with Gasteiger partial charge in [-0.3, -0.25) is 0 Å². The normalized spacial score (nSPS) is 14.5. The van der Waals surface area contributed by atoms with E-state index in [1.54, 1.807) is 30.3 Å². The van der Waals surface area contributed by atoms with Crippen LogP contribution in [0, 0.1) is 0 Å². The van der Waals surface area contributed by atoms with Crippen molar-refractivity contribution in [3.63, 3.8) is 0 Å². The smallest absolute Gasteiger partial charge is 0.143 e. The van der Waals surface area contributed by atoms with E-state index in [1.165, 1.54) is 0 Å². The Labute approximate surface area is 237 Å². The second kappa shape index (κ2) is 8.72. The first-order valence-corrected chi connectivity index (χ1v) is 12.7. The van der Waals surface area contributed by atoms with Crippen molar-refractivity contribution >= 4 is 43.5 Å². The summed E-state index contributed by atoms with van der Waals surface area (Å²) in [6.07, 6.45) is 0. The first kappa shape index (κ1) is 15.3. The molecule has 0 unspecified atom stereocenters. The molecule has 182 valence electrons. The fraction of sp³-hybridized carbons (Fsp3) is 0. The minimum absolute atomic E-state index is 0.187. The third kappa shape index (κ3) is 3.41. The molecule has 0 saturated heterocycles. The van der Waals surface area contributed by atoms with E-state index in [9.17, 15) is 0 Å². The van der Waals surface area contributed by atoms with Crippen LogP contribution < -0.4 is 0 Å². The van der Waals surface area contributed by atoms with E-state index in [2.05, 4.69) is 0 Å². The summed E-state index contributed by atoms with van der Waals surface area (Å²) in [6.45, 7) is 0. The summed E-state index contributed by atoms with van der Waals surface area (Å²) >= 11 is 0. The molecule has 1 nitrogen and oxygen atoms in total. The number of benzene rings is 7. The number of furan rings is 1. The maximum atomic E-state index is 9.16. The Balaban J connectivity index is 1.57. The lowest BCUT2D eigenvalue weighted by molar-refractivity contribution is 0.670. The maximum Gasteiger partial charge on any atom is 0.143 e. The van der Waals surface area contributed by atoms with E-state index in [4.69, 9.17) is 15.4 Å². The molecule has 0 aliphatic heterocycles. The highest BCUT2D eigenvalue weighted by atomic mass is 16.3. The van der Waals surface area contributed by atoms with Crippen molar-refractivity contribution in [1.29, 1.82) is 0 Å². The maximum absolute atomic E-state index is 9.16. The molecule has 0 aliphatic carbocycles. The third-order valence-electron chi connectivity index (χ3n) is 7.30. The zero-order valence-corrected chi connectivity index (χ0v) is 20.6. The molecule has 0 saturated carbocycles. The van der Waals surface area contributed by atoms with Crippen LogP contribution in [0.25, 0.3) is 76.9 Å². The van der Waals surface area contributed by atoms with E-state index in [-0.39, 0.29) is 45.7 Å². The largest absolute Gasteiger partial charge is 0.455 e. The highest BCUT2D eigenvalue weighted by molar-refractivity contribution is 6.21. The predicted octanol–water partition coefficient (Wildman–Crippen LogP) is 10.9. The molecule has 1 aromatic heterocycles. The van der Waals surface area contributed by atoms with Crippen LogP contribution in [0.15, 0.2) is 150 Å². The molecule has 0 N–H and O–H groups in total. The van der Waals surface area contributed by atoms with Gasteiger partial charge in [-0.05, 0) is 61.5 Å². The number of rotatable bonds is 3. The standard InChI is InChI=1S/C38H24O/c1-2-12-25(13-3-1)36-30-17-4-6-19-32(30)37(33-20-7-5-18-31(33)36)27-15-10-14-26(24-27)28-21-11-22-34-29-16-8-9-23-35(29)39-38(28)34/h1-24H/i4D,5D,6D,7D,17D,18D,19D,20D. The summed E-state index contributed by atoms with van der Waals surface area (Å²) in [4.78, 5) is 0. The van der Waals surface area contributed by atoms with E-state index < -0.39 is 24.2 Å². The minimum atomic E-state index is -0.425. The molecule has 0 aliphatic rings. The second-order valence-electron chi connectivity index (χ2n) is 9.48. The van der Waals surface area contributed by atoms with E-state index in [0.717, 1.165) is 27.5 Å². The monoisotopic (exact) mass is 504 g/mol. The average molecular weight is 505 g/mol. The van der Waals surface area contributed by atoms with Crippen molar-refractivity contribution in [3.8, 4) is 33.4 Å². The molecule has 8 rings (SSSR count). The number of fused-ring (bicyclic) bond motifs is 5. The third-order valence-corrected chi connectivity index (χ3v) is 7.30. The Bertz CT molecular complexity index is 2530. The lowest BCUT2D eigenvalue weighted by Crippen LogP contribution is -1.91. The number of hydrogen-bond acceptors (Lipinski definition) is 1. The van der Waals surface area contributed by atoms with Crippen LogP contribution in [0.4, 0.5) is 0 Å². The molecule has 0 bridgehead atoms. The van der Waals surface area contributed by atoms with Crippen molar-refractivity contribution in [1.82, 2.24) is 0 Å². The summed E-state index contributed by atoms with van der Waals surface area (Å²) in [5.41, 5.74) is 4.82. The zero-order valence-electron chi connectivity index (χ0n) is 28.6. The first-order chi connectivity index (χ1) is 22.7. The molecule has 8 aromatic rings. The van der Waals surface area contributed by atoms with Gasteiger partial charge < -0.3 is 4.42 Å². The second-order valence-corrected chi connectivity index (χ2v) is 9.48. The van der Waals surface area contributed by atoms with Gasteiger partial charge in [-0.25, -0.2) is 0 Å². The predicted molar refractivity (Wildman–Crippen MR) is 165 cm³/mol. The van der Waals surface area contributed by atoms with Crippen LogP contribution in [-0.4, -0.2) is 0 Å². The number of para-hydroxylation sites is 2. The summed E-state index contributed by atoms with van der Waals surface area (Å²) in [5.74, 6) is 0. The van der Waals surface area contributed by atoms with Gasteiger partial charge in [-0.15, -0.1) is 0 Å². The summed E-state index contributed by atoms with van der Waals surface area (Å²) in [6, 6.07) is 27.3.